The van der Waals surface area contributed by atoms with Gasteiger partial charge in [-0.2, -0.15) is 0 Å². The van der Waals surface area contributed by atoms with Gasteiger partial charge in [0.2, 0.25) is 0 Å². The van der Waals surface area contributed by atoms with Gasteiger partial charge in [0.1, 0.15) is 11.4 Å². The zero-order valence-corrected chi connectivity index (χ0v) is 16.4. The first kappa shape index (κ1) is 18.8. The number of rotatable bonds is 10. The lowest BCUT2D eigenvalue weighted by Crippen LogP contribution is -2.06. The third kappa shape index (κ3) is 4.81. The maximum absolute atomic E-state index is 6.07. The molecule has 26 heavy (non-hydrogen) atoms. The lowest BCUT2D eigenvalue weighted by molar-refractivity contribution is 0.470. The maximum Gasteiger partial charge on any atom is 0.153 e. The predicted molar refractivity (Wildman–Crippen MR) is 110 cm³/mol. The lowest BCUT2D eigenvalue weighted by atomic mass is 9.97. The first-order chi connectivity index (χ1) is 12.8. The van der Waals surface area contributed by atoms with Gasteiger partial charge in [-0.25, -0.2) is 5.32 Å². The van der Waals surface area contributed by atoms with Crippen LogP contribution in [-0.4, -0.2) is 0 Å². The summed E-state index contributed by atoms with van der Waals surface area (Å²) >= 11 is 0. The van der Waals surface area contributed by atoms with E-state index in [0.29, 0.717) is 0 Å². The molecule has 1 aliphatic heterocycles. The van der Waals surface area contributed by atoms with Gasteiger partial charge in [0.15, 0.2) is 11.5 Å². The van der Waals surface area contributed by atoms with Crippen LogP contribution in [0.1, 0.15) is 75.8 Å². The molecule has 0 aromatic heterocycles. The van der Waals surface area contributed by atoms with Crippen molar-refractivity contribution >= 4 is 11.4 Å². The van der Waals surface area contributed by atoms with Gasteiger partial charge in [-0.1, -0.05) is 76.5 Å². The topological polar surface area (TPSA) is 23.3 Å². The van der Waals surface area contributed by atoms with Gasteiger partial charge < -0.3 is 4.74 Å². The molecule has 0 unspecified atom stereocenters. The van der Waals surface area contributed by atoms with Crippen LogP contribution in [0.2, 0.25) is 0 Å². The van der Waals surface area contributed by atoms with Gasteiger partial charge in [-0.05, 0) is 49.1 Å². The fourth-order valence-electron chi connectivity index (χ4n) is 3.72. The van der Waals surface area contributed by atoms with E-state index >= 15 is 0 Å². The van der Waals surface area contributed by atoms with Crippen LogP contribution in [0.15, 0.2) is 36.4 Å². The Morgan fingerprint density at radius 3 is 2.23 bits per heavy atom. The van der Waals surface area contributed by atoms with Crippen LogP contribution in [0.25, 0.3) is 0 Å². The van der Waals surface area contributed by atoms with Crippen LogP contribution in [0.3, 0.4) is 0 Å². The Kier molecular flexibility index (Phi) is 6.99. The van der Waals surface area contributed by atoms with E-state index in [4.69, 9.17) is 10.1 Å². The fraction of sp³-hybridized carbons (Fsp3) is 0.500. The van der Waals surface area contributed by atoms with E-state index in [2.05, 4.69) is 26.0 Å². The zero-order chi connectivity index (χ0) is 18.2. The summed E-state index contributed by atoms with van der Waals surface area (Å²) in [6.07, 6.45) is 13.3. The number of unbranched alkanes of at least 4 members (excludes halogenated alkanes) is 8. The minimum Gasteiger partial charge on any atom is -0.453 e. The van der Waals surface area contributed by atoms with Crippen molar-refractivity contribution in [1.82, 2.24) is 5.32 Å². The summed E-state index contributed by atoms with van der Waals surface area (Å²) in [5.74, 6) is 1.76. The first-order valence-corrected chi connectivity index (χ1v) is 10.4. The number of para-hydroxylation sites is 2. The predicted octanol–water partition coefficient (Wildman–Crippen LogP) is 7.74. The van der Waals surface area contributed by atoms with Crippen molar-refractivity contribution in [2.75, 3.05) is 0 Å². The second-order valence-electron chi connectivity index (χ2n) is 7.47. The largest absolute Gasteiger partial charge is 0.453 e. The summed E-state index contributed by atoms with van der Waals surface area (Å²) in [5.41, 5.74) is 4.68. The molecule has 2 aromatic rings. The Bertz CT molecular complexity index is 707. The van der Waals surface area contributed by atoms with Gasteiger partial charge in [-0.3, -0.25) is 0 Å². The minimum absolute atomic E-state index is 0.859. The van der Waals surface area contributed by atoms with Crippen molar-refractivity contribution in [2.24, 2.45) is 0 Å². The second-order valence-corrected chi connectivity index (χ2v) is 7.47. The Hall–Kier alpha value is -1.96. The molecule has 0 amide bonds. The first-order valence-electron chi connectivity index (χ1n) is 10.4. The molecule has 0 aliphatic carbocycles. The molecule has 2 heteroatoms. The van der Waals surface area contributed by atoms with Crippen molar-refractivity contribution in [1.29, 1.82) is 0 Å². The number of ether oxygens (including phenoxy) is 1. The number of hydrogen-bond donors (Lipinski definition) is 0. The van der Waals surface area contributed by atoms with Gasteiger partial charge in [0.25, 0.3) is 0 Å². The molecule has 0 saturated heterocycles. The van der Waals surface area contributed by atoms with E-state index in [0.717, 1.165) is 29.3 Å². The fourth-order valence-corrected chi connectivity index (χ4v) is 3.72. The van der Waals surface area contributed by atoms with E-state index in [-0.39, 0.29) is 0 Å². The number of fused-ring (bicyclic) bond motifs is 2. The monoisotopic (exact) mass is 350 g/mol. The minimum atomic E-state index is 0.859. The Labute approximate surface area is 159 Å². The van der Waals surface area contributed by atoms with Crippen molar-refractivity contribution in [2.45, 2.75) is 78.1 Å². The SMILES string of the molecule is CCCCCCCCCCCc1c(C)ccc2c1[N]c1ccccc1O2. The van der Waals surface area contributed by atoms with Gasteiger partial charge in [0, 0.05) is 0 Å². The molecule has 0 bridgehead atoms. The lowest BCUT2D eigenvalue weighted by Gasteiger charge is -2.23. The molecule has 1 aliphatic rings. The van der Waals surface area contributed by atoms with E-state index in [1.807, 2.05) is 24.3 Å². The molecule has 0 fully saturated rings. The van der Waals surface area contributed by atoms with Crippen LogP contribution in [0.5, 0.6) is 11.5 Å². The van der Waals surface area contributed by atoms with Crippen molar-refractivity contribution in [3.05, 3.63) is 47.5 Å². The van der Waals surface area contributed by atoms with Crippen LogP contribution >= 0.6 is 0 Å². The molecule has 1 radical (unpaired) electrons. The number of nitrogens with zero attached hydrogens (tertiary/aromatic N) is 1. The van der Waals surface area contributed by atoms with Crippen molar-refractivity contribution < 1.29 is 4.74 Å². The Balaban J connectivity index is 1.50. The van der Waals surface area contributed by atoms with Crippen LogP contribution < -0.4 is 10.1 Å². The van der Waals surface area contributed by atoms with Crippen molar-refractivity contribution in [3.63, 3.8) is 0 Å². The van der Waals surface area contributed by atoms with E-state index in [1.54, 1.807) is 0 Å². The van der Waals surface area contributed by atoms with Crippen molar-refractivity contribution in [3.8, 4) is 11.5 Å². The van der Waals surface area contributed by atoms with Gasteiger partial charge in [-0.15, -0.1) is 0 Å². The zero-order valence-electron chi connectivity index (χ0n) is 16.4. The van der Waals surface area contributed by atoms with E-state index < -0.39 is 0 Å². The summed E-state index contributed by atoms with van der Waals surface area (Å²) in [7, 11) is 0. The quantitative estimate of drug-likeness (QED) is 0.343. The molecule has 3 rings (SSSR count). The normalized spacial score (nSPS) is 12.1. The summed E-state index contributed by atoms with van der Waals surface area (Å²) in [6, 6.07) is 12.3. The molecular formula is C24H32NO. The third-order valence-corrected chi connectivity index (χ3v) is 5.33. The molecule has 0 atom stereocenters. The third-order valence-electron chi connectivity index (χ3n) is 5.33. The highest BCUT2D eigenvalue weighted by molar-refractivity contribution is 5.71. The number of benzene rings is 2. The van der Waals surface area contributed by atoms with Crippen LogP contribution in [-0.2, 0) is 6.42 Å². The summed E-state index contributed by atoms with van der Waals surface area (Å²) in [4.78, 5) is 0. The maximum atomic E-state index is 6.07. The Morgan fingerprint density at radius 1 is 0.769 bits per heavy atom. The standard InChI is InChI=1S/C24H32NO/c1-3-4-5-6-7-8-9-10-11-14-20-19(2)17-18-23-24(20)25-21-15-12-13-16-22(21)26-23/h12-13,15-18H,3-11,14H2,1-2H3. The summed E-state index contributed by atoms with van der Waals surface area (Å²) in [6.45, 7) is 4.47. The molecule has 2 nitrogen and oxygen atoms in total. The van der Waals surface area contributed by atoms with E-state index in [9.17, 15) is 0 Å². The molecule has 1 heterocycles. The van der Waals surface area contributed by atoms with Crippen LogP contribution in [0, 0.1) is 6.92 Å². The number of aryl methyl sites for hydroxylation is 1. The Morgan fingerprint density at radius 2 is 1.46 bits per heavy atom. The summed E-state index contributed by atoms with van der Waals surface area (Å²) in [5, 5.41) is 4.90. The molecule has 0 saturated carbocycles. The smallest absolute Gasteiger partial charge is 0.153 e. The molecule has 2 aromatic carbocycles. The number of hydrogen-bond acceptors (Lipinski definition) is 1. The highest BCUT2D eigenvalue weighted by Gasteiger charge is 2.21. The van der Waals surface area contributed by atoms with Gasteiger partial charge in [0.05, 0.1) is 0 Å². The highest BCUT2D eigenvalue weighted by atomic mass is 16.5. The summed E-state index contributed by atoms with van der Waals surface area (Å²) < 4.78 is 6.07. The second kappa shape index (κ2) is 9.66. The average molecular weight is 351 g/mol. The van der Waals surface area contributed by atoms with E-state index in [1.165, 1.54) is 68.9 Å². The van der Waals surface area contributed by atoms with Crippen LogP contribution in [0.4, 0.5) is 11.4 Å². The molecular weight excluding hydrogens is 318 g/mol. The van der Waals surface area contributed by atoms with Gasteiger partial charge >= 0.3 is 0 Å². The average Bonchev–Trinajstić information content (AvgIpc) is 2.67. The highest BCUT2D eigenvalue weighted by Crippen LogP contribution is 2.44. The molecule has 0 spiro atoms. The molecule has 0 N–H and O–H groups in total. The molecule has 139 valence electrons.